The molecule has 0 bridgehead atoms. The maximum absolute atomic E-state index is 4.50. The molecule has 2 heterocycles. The summed E-state index contributed by atoms with van der Waals surface area (Å²) in [5.41, 5.74) is 1.04. The molecular formula is C20H26N4. The molecule has 4 nitrogen and oxygen atoms in total. The maximum Gasteiger partial charge on any atom is 0.126 e. The zero-order chi connectivity index (χ0) is 17.4. The molecule has 0 amide bonds. The molecular weight excluding hydrogens is 296 g/mol. The molecule has 2 aromatic heterocycles. The summed E-state index contributed by atoms with van der Waals surface area (Å²) in [6.45, 7) is 8.40. The van der Waals surface area contributed by atoms with E-state index < -0.39 is 0 Å². The van der Waals surface area contributed by atoms with Crippen molar-refractivity contribution in [3.05, 3.63) is 60.8 Å². The van der Waals surface area contributed by atoms with Gasteiger partial charge in [-0.2, -0.15) is 0 Å². The predicted molar refractivity (Wildman–Crippen MR) is 103 cm³/mol. The molecule has 3 rings (SSSR count). The van der Waals surface area contributed by atoms with E-state index in [4.69, 9.17) is 0 Å². The highest BCUT2D eigenvalue weighted by Crippen LogP contribution is 2.14. The lowest BCUT2D eigenvalue weighted by Crippen LogP contribution is -2.10. The van der Waals surface area contributed by atoms with Crippen LogP contribution < -0.4 is 10.6 Å². The van der Waals surface area contributed by atoms with Crippen molar-refractivity contribution in [2.75, 3.05) is 10.6 Å². The Bertz CT molecular complexity index is 739. The van der Waals surface area contributed by atoms with Crippen molar-refractivity contribution in [2.24, 2.45) is 0 Å². The lowest BCUT2D eigenvalue weighted by Gasteiger charge is -2.09. The van der Waals surface area contributed by atoms with Crippen molar-refractivity contribution < 1.29 is 0 Å². The SMILES string of the molecule is CC(C)Nc1ccc2ccccc2n1.CC(C)Nc1ccccn1. The van der Waals surface area contributed by atoms with E-state index >= 15 is 0 Å². The molecule has 0 aliphatic rings. The van der Waals surface area contributed by atoms with Crippen LogP contribution >= 0.6 is 0 Å². The lowest BCUT2D eigenvalue weighted by molar-refractivity contribution is 0.889. The van der Waals surface area contributed by atoms with Crippen LogP contribution in [0.25, 0.3) is 10.9 Å². The summed E-state index contributed by atoms with van der Waals surface area (Å²) in [7, 11) is 0. The van der Waals surface area contributed by atoms with Gasteiger partial charge in [0.15, 0.2) is 0 Å². The number of aromatic nitrogens is 2. The molecule has 0 aliphatic heterocycles. The van der Waals surface area contributed by atoms with Crippen LogP contribution in [0, 0.1) is 0 Å². The van der Waals surface area contributed by atoms with E-state index in [2.05, 4.69) is 60.4 Å². The monoisotopic (exact) mass is 322 g/mol. The van der Waals surface area contributed by atoms with Gasteiger partial charge in [0.2, 0.25) is 0 Å². The van der Waals surface area contributed by atoms with Gasteiger partial charge < -0.3 is 10.6 Å². The Morgan fingerprint density at radius 2 is 1.38 bits per heavy atom. The van der Waals surface area contributed by atoms with Crippen LogP contribution in [0.3, 0.4) is 0 Å². The zero-order valence-electron chi connectivity index (χ0n) is 14.8. The minimum Gasteiger partial charge on any atom is -0.368 e. The van der Waals surface area contributed by atoms with Crippen molar-refractivity contribution in [1.82, 2.24) is 9.97 Å². The minimum atomic E-state index is 0.420. The molecule has 0 unspecified atom stereocenters. The summed E-state index contributed by atoms with van der Waals surface area (Å²) in [5, 5.41) is 7.66. The van der Waals surface area contributed by atoms with Crippen molar-refractivity contribution >= 4 is 22.5 Å². The molecule has 126 valence electrons. The first-order valence-corrected chi connectivity index (χ1v) is 8.34. The van der Waals surface area contributed by atoms with Crippen molar-refractivity contribution in [3.63, 3.8) is 0 Å². The minimum absolute atomic E-state index is 0.420. The van der Waals surface area contributed by atoms with Gasteiger partial charge in [0.25, 0.3) is 0 Å². The third-order valence-electron chi connectivity index (χ3n) is 3.14. The number of benzene rings is 1. The predicted octanol–water partition coefficient (Wildman–Crippen LogP) is 4.96. The summed E-state index contributed by atoms with van der Waals surface area (Å²) in [5.74, 6) is 1.89. The molecule has 3 aromatic rings. The molecule has 0 aliphatic carbocycles. The van der Waals surface area contributed by atoms with Crippen LogP contribution in [0.15, 0.2) is 60.8 Å². The first kappa shape index (κ1) is 17.7. The number of fused-ring (bicyclic) bond motifs is 1. The Kier molecular flexibility index (Phi) is 6.55. The lowest BCUT2D eigenvalue weighted by atomic mass is 10.2. The summed E-state index contributed by atoms with van der Waals surface area (Å²) >= 11 is 0. The Labute approximate surface area is 144 Å². The number of hydrogen-bond acceptors (Lipinski definition) is 4. The topological polar surface area (TPSA) is 49.8 Å². The summed E-state index contributed by atoms with van der Waals surface area (Å²) in [6.07, 6.45) is 1.78. The molecule has 0 saturated heterocycles. The largest absolute Gasteiger partial charge is 0.368 e. The number of pyridine rings is 2. The fourth-order valence-electron chi connectivity index (χ4n) is 2.19. The molecule has 0 spiro atoms. The van der Waals surface area contributed by atoms with E-state index in [9.17, 15) is 0 Å². The van der Waals surface area contributed by atoms with E-state index in [1.54, 1.807) is 6.20 Å². The molecule has 2 N–H and O–H groups in total. The van der Waals surface area contributed by atoms with Gasteiger partial charge in [-0.05, 0) is 58.0 Å². The van der Waals surface area contributed by atoms with E-state index in [0.717, 1.165) is 17.2 Å². The molecule has 0 atom stereocenters. The van der Waals surface area contributed by atoms with Gasteiger partial charge in [0.1, 0.15) is 11.6 Å². The first-order chi connectivity index (χ1) is 11.5. The summed E-state index contributed by atoms with van der Waals surface area (Å²) in [6, 6.07) is 19.0. The Morgan fingerprint density at radius 3 is 2.04 bits per heavy atom. The van der Waals surface area contributed by atoms with E-state index in [-0.39, 0.29) is 0 Å². The van der Waals surface area contributed by atoms with Gasteiger partial charge in [-0.1, -0.05) is 24.3 Å². The van der Waals surface area contributed by atoms with Gasteiger partial charge in [0.05, 0.1) is 5.52 Å². The average molecular weight is 322 g/mol. The van der Waals surface area contributed by atoms with Crippen LogP contribution in [-0.4, -0.2) is 22.1 Å². The van der Waals surface area contributed by atoms with Crippen molar-refractivity contribution in [1.29, 1.82) is 0 Å². The van der Waals surface area contributed by atoms with Crippen molar-refractivity contribution in [2.45, 2.75) is 39.8 Å². The van der Waals surface area contributed by atoms with Gasteiger partial charge >= 0.3 is 0 Å². The van der Waals surface area contributed by atoms with Gasteiger partial charge in [-0.25, -0.2) is 9.97 Å². The normalized spacial score (nSPS) is 10.4. The van der Waals surface area contributed by atoms with E-state index in [1.165, 1.54) is 5.39 Å². The second-order valence-corrected chi connectivity index (χ2v) is 6.20. The van der Waals surface area contributed by atoms with Crippen molar-refractivity contribution in [3.8, 4) is 0 Å². The Balaban J connectivity index is 0.000000185. The first-order valence-electron chi connectivity index (χ1n) is 8.34. The number of rotatable bonds is 4. The summed E-state index contributed by atoms with van der Waals surface area (Å²) in [4.78, 5) is 8.61. The number of para-hydroxylation sites is 1. The number of hydrogen-bond donors (Lipinski definition) is 2. The van der Waals surface area contributed by atoms with Crippen LogP contribution in [-0.2, 0) is 0 Å². The Hall–Kier alpha value is -2.62. The van der Waals surface area contributed by atoms with E-state index in [0.29, 0.717) is 12.1 Å². The fourth-order valence-corrected chi connectivity index (χ4v) is 2.19. The number of nitrogens with one attached hydrogen (secondary N) is 2. The van der Waals surface area contributed by atoms with Crippen LogP contribution in [0.5, 0.6) is 0 Å². The highest BCUT2D eigenvalue weighted by Gasteiger charge is 1.98. The number of anilines is 2. The molecule has 0 fully saturated rings. The smallest absolute Gasteiger partial charge is 0.126 e. The highest BCUT2D eigenvalue weighted by molar-refractivity contribution is 5.80. The van der Waals surface area contributed by atoms with Crippen LogP contribution in [0.1, 0.15) is 27.7 Å². The molecule has 0 radical (unpaired) electrons. The molecule has 1 aromatic carbocycles. The third-order valence-corrected chi connectivity index (χ3v) is 3.14. The van der Waals surface area contributed by atoms with Gasteiger partial charge in [-0.15, -0.1) is 0 Å². The second-order valence-electron chi connectivity index (χ2n) is 6.20. The average Bonchev–Trinajstić information content (AvgIpc) is 2.55. The van der Waals surface area contributed by atoms with Crippen LogP contribution in [0.4, 0.5) is 11.6 Å². The highest BCUT2D eigenvalue weighted by atomic mass is 15.0. The van der Waals surface area contributed by atoms with Gasteiger partial charge in [0, 0.05) is 23.7 Å². The molecule has 0 saturated carbocycles. The van der Waals surface area contributed by atoms with Gasteiger partial charge in [-0.3, -0.25) is 0 Å². The summed E-state index contributed by atoms with van der Waals surface area (Å²) < 4.78 is 0. The third kappa shape index (κ3) is 5.88. The van der Waals surface area contributed by atoms with E-state index in [1.807, 2.05) is 42.5 Å². The Morgan fingerprint density at radius 1 is 0.708 bits per heavy atom. The maximum atomic E-state index is 4.50. The fraction of sp³-hybridized carbons (Fsp3) is 0.300. The number of nitrogens with zero attached hydrogens (tertiary/aromatic N) is 2. The van der Waals surface area contributed by atoms with Crippen LogP contribution in [0.2, 0.25) is 0 Å². The zero-order valence-corrected chi connectivity index (χ0v) is 14.8. The standard InChI is InChI=1S/C12H14N2.C8H12N2/c1-9(2)13-12-8-7-10-5-3-4-6-11(10)14-12;1-7(2)10-8-5-3-4-6-9-8/h3-9H,1-2H3,(H,13,14);3-7H,1-2H3,(H,9,10). The molecule has 24 heavy (non-hydrogen) atoms. The second kappa shape index (κ2) is 8.87. The molecule has 4 heteroatoms. The quantitative estimate of drug-likeness (QED) is 0.713.